The largest absolute Gasteiger partial charge is 0.378 e. The van der Waals surface area contributed by atoms with Crippen molar-refractivity contribution in [2.75, 3.05) is 6.61 Å². The Kier molecular flexibility index (Phi) is 3.85. The SMILES string of the molecule is CC1OCCC1C(=O)c1ccc(Br)c(Cl)c1F. The van der Waals surface area contributed by atoms with E-state index >= 15 is 0 Å². The highest BCUT2D eigenvalue weighted by Gasteiger charge is 2.33. The van der Waals surface area contributed by atoms with Crippen molar-refractivity contribution in [3.63, 3.8) is 0 Å². The van der Waals surface area contributed by atoms with E-state index in [0.717, 1.165) is 0 Å². The highest BCUT2D eigenvalue weighted by molar-refractivity contribution is 9.10. The van der Waals surface area contributed by atoms with Gasteiger partial charge in [0.15, 0.2) is 11.6 Å². The van der Waals surface area contributed by atoms with Crippen molar-refractivity contribution >= 4 is 33.3 Å². The summed E-state index contributed by atoms with van der Waals surface area (Å²) in [4.78, 5) is 12.1. The molecule has 0 amide bonds. The Morgan fingerprint density at radius 3 is 2.88 bits per heavy atom. The average Bonchev–Trinajstić information content (AvgIpc) is 2.72. The van der Waals surface area contributed by atoms with Crippen LogP contribution in [0.1, 0.15) is 23.7 Å². The minimum Gasteiger partial charge on any atom is -0.378 e. The van der Waals surface area contributed by atoms with E-state index in [9.17, 15) is 9.18 Å². The van der Waals surface area contributed by atoms with Crippen molar-refractivity contribution in [3.05, 3.63) is 33.0 Å². The molecule has 1 aromatic rings. The summed E-state index contributed by atoms with van der Waals surface area (Å²) in [6.45, 7) is 2.37. The number of ketones is 1. The first-order valence-electron chi connectivity index (χ1n) is 5.31. The van der Waals surface area contributed by atoms with Crippen LogP contribution in [-0.4, -0.2) is 18.5 Å². The van der Waals surface area contributed by atoms with Gasteiger partial charge in [-0.05, 0) is 41.4 Å². The van der Waals surface area contributed by atoms with Gasteiger partial charge in [-0.2, -0.15) is 0 Å². The fourth-order valence-electron chi connectivity index (χ4n) is 1.99. The highest BCUT2D eigenvalue weighted by atomic mass is 79.9. The number of rotatable bonds is 2. The predicted molar refractivity (Wildman–Crippen MR) is 67.0 cm³/mol. The molecule has 17 heavy (non-hydrogen) atoms. The fraction of sp³-hybridized carbons (Fsp3) is 0.417. The smallest absolute Gasteiger partial charge is 0.171 e. The van der Waals surface area contributed by atoms with Gasteiger partial charge in [0, 0.05) is 11.1 Å². The van der Waals surface area contributed by atoms with E-state index in [1.807, 2.05) is 6.92 Å². The van der Waals surface area contributed by atoms with Gasteiger partial charge in [-0.3, -0.25) is 4.79 Å². The van der Waals surface area contributed by atoms with Crippen LogP contribution in [0.4, 0.5) is 4.39 Å². The van der Waals surface area contributed by atoms with Crippen molar-refractivity contribution in [1.29, 1.82) is 0 Å². The van der Waals surface area contributed by atoms with Gasteiger partial charge in [0.1, 0.15) is 0 Å². The second kappa shape index (κ2) is 5.04. The predicted octanol–water partition coefficient (Wildman–Crippen LogP) is 3.85. The van der Waals surface area contributed by atoms with E-state index in [2.05, 4.69) is 15.9 Å². The van der Waals surface area contributed by atoms with Gasteiger partial charge in [0.25, 0.3) is 0 Å². The summed E-state index contributed by atoms with van der Waals surface area (Å²) in [6, 6.07) is 3.04. The molecule has 0 spiro atoms. The van der Waals surface area contributed by atoms with Gasteiger partial charge in [0.2, 0.25) is 0 Å². The normalized spacial score (nSPS) is 24.0. The summed E-state index contributed by atoms with van der Waals surface area (Å²) < 4.78 is 19.6. The lowest BCUT2D eigenvalue weighted by molar-refractivity contribution is 0.0761. The first kappa shape index (κ1) is 13.0. The van der Waals surface area contributed by atoms with Gasteiger partial charge < -0.3 is 4.74 Å². The molecule has 1 fully saturated rings. The monoisotopic (exact) mass is 320 g/mol. The van der Waals surface area contributed by atoms with E-state index < -0.39 is 5.82 Å². The van der Waals surface area contributed by atoms with Crippen LogP contribution < -0.4 is 0 Å². The molecule has 1 saturated heterocycles. The molecule has 0 aromatic heterocycles. The second-order valence-electron chi connectivity index (χ2n) is 4.06. The molecule has 0 N–H and O–H groups in total. The number of carbonyl (C=O) groups excluding carboxylic acids is 1. The molecule has 1 aromatic carbocycles. The third-order valence-corrected chi connectivity index (χ3v) is 4.27. The quantitative estimate of drug-likeness (QED) is 0.611. The summed E-state index contributed by atoms with van der Waals surface area (Å²) >= 11 is 8.88. The molecule has 2 atom stereocenters. The zero-order chi connectivity index (χ0) is 12.6. The lowest BCUT2D eigenvalue weighted by Gasteiger charge is -2.13. The molecule has 0 saturated carbocycles. The first-order valence-corrected chi connectivity index (χ1v) is 6.48. The standard InChI is InChI=1S/C12H11BrClFO2/c1-6-7(4-5-17-6)12(16)8-2-3-9(13)10(14)11(8)15/h2-3,6-7H,4-5H2,1H3. The Hall–Kier alpha value is -0.450. The molecule has 5 heteroatoms. The molecule has 0 aliphatic carbocycles. The number of carbonyl (C=O) groups is 1. The minimum atomic E-state index is -0.662. The molecule has 0 bridgehead atoms. The number of Topliss-reactive ketones (excluding diaryl/α,β-unsaturated/α-hetero) is 1. The van der Waals surface area contributed by atoms with Crippen LogP contribution in [0.2, 0.25) is 5.02 Å². The molecule has 1 heterocycles. The van der Waals surface area contributed by atoms with Crippen LogP contribution in [0.3, 0.4) is 0 Å². The maximum absolute atomic E-state index is 13.9. The van der Waals surface area contributed by atoms with Crippen LogP contribution in [0.5, 0.6) is 0 Å². The molecule has 0 radical (unpaired) electrons. The van der Waals surface area contributed by atoms with E-state index in [1.165, 1.54) is 6.07 Å². The van der Waals surface area contributed by atoms with E-state index in [-0.39, 0.29) is 28.4 Å². The zero-order valence-corrected chi connectivity index (χ0v) is 11.5. The van der Waals surface area contributed by atoms with Gasteiger partial charge in [-0.15, -0.1) is 0 Å². The number of ether oxygens (including phenoxy) is 1. The van der Waals surface area contributed by atoms with Gasteiger partial charge >= 0.3 is 0 Å². The summed E-state index contributed by atoms with van der Waals surface area (Å²) in [6.07, 6.45) is 0.469. The minimum absolute atomic E-state index is 0.0422. The molecular weight excluding hydrogens is 310 g/mol. The zero-order valence-electron chi connectivity index (χ0n) is 9.17. The molecule has 2 nitrogen and oxygen atoms in total. The fourth-order valence-corrected chi connectivity index (χ4v) is 2.46. The lowest BCUT2D eigenvalue weighted by atomic mass is 9.92. The molecular formula is C12H11BrClFO2. The Bertz CT molecular complexity index is 464. The summed E-state index contributed by atoms with van der Waals surface area (Å²) in [5.41, 5.74) is 0.0422. The molecule has 2 unspecified atom stereocenters. The first-order chi connectivity index (χ1) is 8.02. The highest BCUT2D eigenvalue weighted by Crippen LogP contribution is 2.31. The molecule has 1 aliphatic rings. The van der Waals surface area contributed by atoms with Crippen LogP contribution in [0.15, 0.2) is 16.6 Å². The van der Waals surface area contributed by atoms with Crippen molar-refractivity contribution in [1.82, 2.24) is 0 Å². The average molecular weight is 322 g/mol. The van der Waals surface area contributed by atoms with E-state index in [0.29, 0.717) is 17.5 Å². The van der Waals surface area contributed by atoms with Crippen LogP contribution in [0.25, 0.3) is 0 Å². The maximum atomic E-state index is 13.9. The Labute approximate surface area is 112 Å². The van der Waals surface area contributed by atoms with Crippen LogP contribution in [0, 0.1) is 11.7 Å². The van der Waals surface area contributed by atoms with Crippen molar-refractivity contribution in [2.24, 2.45) is 5.92 Å². The third-order valence-electron chi connectivity index (χ3n) is 3.01. The number of benzene rings is 1. The summed E-state index contributed by atoms with van der Waals surface area (Å²) in [5.74, 6) is -1.17. The van der Waals surface area contributed by atoms with Crippen LogP contribution >= 0.6 is 27.5 Å². The van der Waals surface area contributed by atoms with Crippen LogP contribution in [-0.2, 0) is 4.74 Å². The number of hydrogen-bond donors (Lipinski definition) is 0. The number of halogens is 3. The maximum Gasteiger partial charge on any atom is 0.171 e. The van der Waals surface area contributed by atoms with Crippen molar-refractivity contribution in [3.8, 4) is 0 Å². The van der Waals surface area contributed by atoms with Gasteiger partial charge in [-0.25, -0.2) is 4.39 Å². The van der Waals surface area contributed by atoms with Crippen molar-refractivity contribution in [2.45, 2.75) is 19.4 Å². The Balaban J connectivity index is 2.34. The Morgan fingerprint density at radius 1 is 1.59 bits per heavy atom. The Morgan fingerprint density at radius 2 is 2.29 bits per heavy atom. The van der Waals surface area contributed by atoms with Gasteiger partial charge in [-0.1, -0.05) is 11.6 Å². The van der Waals surface area contributed by atoms with Gasteiger partial charge in [0.05, 0.1) is 22.6 Å². The third kappa shape index (κ3) is 2.39. The molecule has 92 valence electrons. The van der Waals surface area contributed by atoms with Crippen molar-refractivity contribution < 1.29 is 13.9 Å². The summed E-state index contributed by atoms with van der Waals surface area (Å²) in [7, 11) is 0. The number of hydrogen-bond acceptors (Lipinski definition) is 2. The van der Waals surface area contributed by atoms with E-state index in [4.69, 9.17) is 16.3 Å². The molecule has 1 aliphatic heterocycles. The second-order valence-corrected chi connectivity index (χ2v) is 5.29. The lowest BCUT2D eigenvalue weighted by Crippen LogP contribution is -2.22. The topological polar surface area (TPSA) is 26.3 Å². The molecule has 2 rings (SSSR count). The summed E-state index contributed by atoms with van der Waals surface area (Å²) in [5, 5.41) is -0.0533. The van der Waals surface area contributed by atoms with E-state index in [1.54, 1.807) is 6.07 Å².